The molecule has 1 atom stereocenters. The van der Waals surface area contributed by atoms with Crippen LogP contribution in [-0.4, -0.2) is 39.8 Å². The van der Waals surface area contributed by atoms with Gasteiger partial charge in [0.1, 0.15) is 5.75 Å². The average molecular weight is 371 g/mol. The van der Waals surface area contributed by atoms with E-state index in [0.29, 0.717) is 30.0 Å². The summed E-state index contributed by atoms with van der Waals surface area (Å²) in [7, 11) is 0. The van der Waals surface area contributed by atoms with E-state index in [1.165, 1.54) is 6.20 Å². The Bertz CT molecular complexity index is 916. The summed E-state index contributed by atoms with van der Waals surface area (Å²) in [5, 5.41) is 0. The fraction of sp³-hybridized carbons (Fsp3) is 0.450. The van der Waals surface area contributed by atoms with Crippen molar-refractivity contribution >= 4 is 5.78 Å². The van der Waals surface area contributed by atoms with E-state index in [9.17, 15) is 14.4 Å². The van der Waals surface area contributed by atoms with Crippen LogP contribution in [0.5, 0.6) is 5.75 Å². The summed E-state index contributed by atoms with van der Waals surface area (Å²) in [6.45, 7) is 5.72. The van der Waals surface area contributed by atoms with Crippen LogP contribution in [0.1, 0.15) is 42.6 Å². The number of likely N-dealkylation sites (tertiary alicyclic amines) is 1. The first-order valence-corrected chi connectivity index (χ1v) is 9.26. The second-order valence-electron chi connectivity index (χ2n) is 7.23. The molecule has 1 saturated heterocycles. The van der Waals surface area contributed by atoms with Crippen molar-refractivity contribution < 1.29 is 9.53 Å². The molecule has 1 fully saturated rings. The minimum atomic E-state index is -0.515. The second kappa shape index (κ2) is 8.35. The number of Topliss-reactive ketones (excluding diaryl/α,β-unsaturated/α-hetero) is 1. The lowest BCUT2D eigenvalue weighted by atomic mass is 9.90. The molecule has 1 aromatic heterocycles. The first-order chi connectivity index (χ1) is 12.9. The number of piperidine rings is 1. The molecule has 144 valence electrons. The van der Waals surface area contributed by atoms with E-state index in [2.05, 4.69) is 14.9 Å². The highest BCUT2D eigenvalue weighted by Crippen LogP contribution is 2.24. The van der Waals surface area contributed by atoms with Crippen LogP contribution in [0, 0.1) is 5.92 Å². The van der Waals surface area contributed by atoms with E-state index >= 15 is 0 Å². The molecule has 1 unspecified atom stereocenters. The SMILES string of the molecule is CC(C)Oc1cccc(C(=O)C2CCCN(Cc3c[nH]c(=O)[nH]c3=O)C2)c1. The highest BCUT2D eigenvalue weighted by atomic mass is 16.5. The Labute approximate surface area is 157 Å². The van der Waals surface area contributed by atoms with Crippen LogP contribution in [0.2, 0.25) is 0 Å². The minimum Gasteiger partial charge on any atom is -0.491 e. The van der Waals surface area contributed by atoms with Crippen molar-refractivity contribution in [2.45, 2.75) is 39.3 Å². The number of H-pyrrole nitrogens is 2. The molecule has 7 heteroatoms. The van der Waals surface area contributed by atoms with Gasteiger partial charge in [-0.2, -0.15) is 0 Å². The maximum Gasteiger partial charge on any atom is 0.325 e. The molecule has 0 saturated carbocycles. The van der Waals surface area contributed by atoms with Gasteiger partial charge in [0.25, 0.3) is 5.56 Å². The average Bonchev–Trinajstić information content (AvgIpc) is 2.63. The highest BCUT2D eigenvalue weighted by Gasteiger charge is 2.27. The molecule has 3 rings (SSSR count). The number of carbonyl (C=O) groups is 1. The zero-order valence-corrected chi connectivity index (χ0v) is 15.7. The summed E-state index contributed by atoms with van der Waals surface area (Å²) >= 11 is 0. The molecule has 0 radical (unpaired) electrons. The Morgan fingerprint density at radius 2 is 2.15 bits per heavy atom. The predicted octanol–water partition coefficient (Wildman–Crippen LogP) is 1.95. The molecule has 2 heterocycles. The molecule has 1 aromatic carbocycles. The van der Waals surface area contributed by atoms with E-state index in [0.717, 1.165) is 19.4 Å². The quantitative estimate of drug-likeness (QED) is 0.757. The summed E-state index contributed by atoms with van der Waals surface area (Å²) in [5.74, 6) is 0.683. The maximum absolute atomic E-state index is 12.9. The van der Waals surface area contributed by atoms with Crippen molar-refractivity contribution in [3.8, 4) is 5.75 Å². The first kappa shape index (κ1) is 19.1. The van der Waals surface area contributed by atoms with Crippen LogP contribution >= 0.6 is 0 Å². The molecular weight excluding hydrogens is 346 g/mol. The number of hydrogen-bond acceptors (Lipinski definition) is 5. The molecule has 27 heavy (non-hydrogen) atoms. The van der Waals surface area contributed by atoms with Crippen molar-refractivity contribution in [1.29, 1.82) is 0 Å². The zero-order valence-electron chi connectivity index (χ0n) is 15.7. The summed E-state index contributed by atoms with van der Waals surface area (Å²) < 4.78 is 5.69. The standard InChI is InChI=1S/C20H25N3O4/c1-13(2)27-17-7-3-5-14(9-17)18(24)15-6-4-8-23(11-15)12-16-10-21-20(26)22-19(16)25/h3,5,7,9-10,13,15H,4,6,8,11-12H2,1-2H3,(H2,21,22,25,26). The number of benzene rings is 1. The van der Waals surface area contributed by atoms with Gasteiger partial charge in [0.2, 0.25) is 0 Å². The van der Waals surface area contributed by atoms with Gasteiger partial charge in [-0.3, -0.25) is 19.5 Å². The van der Waals surface area contributed by atoms with Gasteiger partial charge < -0.3 is 9.72 Å². The largest absolute Gasteiger partial charge is 0.491 e. The van der Waals surface area contributed by atoms with Crippen LogP contribution < -0.4 is 16.0 Å². The molecule has 7 nitrogen and oxygen atoms in total. The molecule has 1 aliphatic rings. The van der Waals surface area contributed by atoms with Gasteiger partial charge in [0.05, 0.1) is 6.10 Å². The number of nitrogens with one attached hydrogen (secondary N) is 2. The second-order valence-corrected chi connectivity index (χ2v) is 7.23. The van der Waals surface area contributed by atoms with Crippen molar-refractivity contribution in [3.63, 3.8) is 0 Å². The lowest BCUT2D eigenvalue weighted by Gasteiger charge is -2.31. The molecule has 0 amide bonds. The Kier molecular flexibility index (Phi) is 5.91. The summed E-state index contributed by atoms with van der Waals surface area (Å²) in [6.07, 6.45) is 3.21. The third-order valence-corrected chi connectivity index (χ3v) is 4.66. The normalized spacial score (nSPS) is 17.8. The number of nitrogens with zero attached hydrogens (tertiary/aromatic N) is 1. The van der Waals surface area contributed by atoms with Crippen LogP contribution in [0.3, 0.4) is 0 Å². The predicted molar refractivity (Wildman–Crippen MR) is 102 cm³/mol. The van der Waals surface area contributed by atoms with E-state index < -0.39 is 5.69 Å². The molecule has 0 bridgehead atoms. The van der Waals surface area contributed by atoms with Gasteiger partial charge in [0.15, 0.2) is 5.78 Å². The zero-order chi connectivity index (χ0) is 19.4. The Balaban J connectivity index is 1.69. The summed E-state index contributed by atoms with van der Waals surface area (Å²) in [6, 6.07) is 7.31. The van der Waals surface area contributed by atoms with E-state index in [4.69, 9.17) is 4.74 Å². The van der Waals surface area contributed by atoms with Crippen LogP contribution in [0.15, 0.2) is 40.1 Å². The van der Waals surface area contributed by atoms with Crippen molar-refractivity contribution in [2.75, 3.05) is 13.1 Å². The molecule has 2 aromatic rings. The van der Waals surface area contributed by atoms with E-state index in [-0.39, 0.29) is 23.4 Å². The minimum absolute atomic E-state index is 0.0518. The van der Waals surface area contributed by atoms with Gasteiger partial charge in [-0.25, -0.2) is 4.79 Å². The highest BCUT2D eigenvalue weighted by molar-refractivity contribution is 5.98. The number of carbonyl (C=O) groups excluding carboxylic acids is 1. The molecular formula is C20H25N3O4. The maximum atomic E-state index is 12.9. The fourth-order valence-electron chi connectivity index (χ4n) is 3.44. The summed E-state index contributed by atoms with van der Waals surface area (Å²) in [4.78, 5) is 42.8. The fourth-order valence-corrected chi connectivity index (χ4v) is 3.44. The Morgan fingerprint density at radius 1 is 1.33 bits per heavy atom. The van der Waals surface area contributed by atoms with Gasteiger partial charge >= 0.3 is 5.69 Å². The van der Waals surface area contributed by atoms with Gasteiger partial charge in [-0.1, -0.05) is 12.1 Å². The Hall–Kier alpha value is -2.67. The summed E-state index contributed by atoms with van der Waals surface area (Å²) in [5.41, 5.74) is 0.251. The smallest absolute Gasteiger partial charge is 0.325 e. The van der Waals surface area contributed by atoms with Crippen LogP contribution in [0.25, 0.3) is 0 Å². The number of aromatic amines is 2. The topological polar surface area (TPSA) is 95.3 Å². The van der Waals surface area contributed by atoms with E-state index in [1.807, 2.05) is 32.0 Å². The number of ether oxygens (including phenoxy) is 1. The Morgan fingerprint density at radius 3 is 2.89 bits per heavy atom. The van der Waals surface area contributed by atoms with Crippen molar-refractivity contribution in [3.05, 3.63) is 62.4 Å². The van der Waals surface area contributed by atoms with Crippen LogP contribution in [-0.2, 0) is 6.54 Å². The third-order valence-electron chi connectivity index (χ3n) is 4.66. The number of rotatable bonds is 6. The third kappa shape index (κ3) is 4.95. The monoisotopic (exact) mass is 371 g/mol. The number of hydrogen-bond donors (Lipinski definition) is 2. The van der Waals surface area contributed by atoms with E-state index in [1.54, 1.807) is 6.07 Å². The van der Waals surface area contributed by atoms with Crippen molar-refractivity contribution in [1.82, 2.24) is 14.9 Å². The van der Waals surface area contributed by atoms with Crippen LogP contribution in [0.4, 0.5) is 0 Å². The number of aromatic nitrogens is 2. The molecule has 0 spiro atoms. The molecule has 2 N–H and O–H groups in total. The van der Waals surface area contributed by atoms with Gasteiger partial charge in [-0.05, 0) is 45.4 Å². The first-order valence-electron chi connectivity index (χ1n) is 9.26. The lowest BCUT2D eigenvalue weighted by molar-refractivity contribution is 0.0810. The number of ketones is 1. The lowest BCUT2D eigenvalue weighted by Crippen LogP contribution is -2.40. The van der Waals surface area contributed by atoms with Gasteiger partial charge in [0, 0.05) is 36.3 Å². The molecule has 0 aliphatic carbocycles. The van der Waals surface area contributed by atoms with Gasteiger partial charge in [-0.15, -0.1) is 0 Å². The molecule has 1 aliphatic heterocycles. The van der Waals surface area contributed by atoms with Crippen molar-refractivity contribution in [2.24, 2.45) is 5.92 Å².